The third-order valence-electron chi connectivity index (χ3n) is 3.39. The predicted octanol–water partition coefficient (Wildman–Crippen LogP) is 3.69. The van der Waals surface area contributed by atoms with E-state index in [4.69, 9.17) is 0 Å². The van der Waals surface area contributed by atoms with Gasteiger partial charge in [-0.05, 0) is 50.3 Å². The summed E-state index contributed by atoms with van der Waals surface area (Å²) in [6.45, 7) is 5.27. The molecule has 2 nitrogen and oxygen atoms in total. The normalized spacial score (nSPS) is 17.4. The van der Waals surface area contributed by atoms with Crippen molar-refractivity contribution >= 4 is 5.82 Å². The van der Waals surface area contributed by atoms with E-state index < -0.39 is 0 Å². The maximum atomic E-state index is 4.51. The molecule has 1 N–H and O–H groups in total. The van der Waals surface area contributed by atoms with Crippen LogP contribution in [0.1, 0.15) is 43.4 Å². The number of anilines is 1. The molecule has 1 aromatic rings. The van der Waals surface area contributed by atoms with Crippen molar-refractivity contribution in [2.24, 2.45) is 5.92 Å². The van der Waals surface area contributed by atoms with Crippen LogP contribution in [0.5, 0.6) is 0 Å². The lowest BCUT2D eigenvalue weighted by Crippen LogP contribution is -2.17. The van der Waals surface area contributed by atoms with Gasteiger partial charge in [0.05, 0.1) is 0 Å². The Morgan fingerprint density at radius 1 is 1.19 bits per heavy atom. The molecule has 0 bridgehead atoms. The Kier molecular flexibility index (Phi) is 3.81. The van der Waals surface area contributed by atoms with Crippen molar-refractivity contribution in [3.05, 3.63) is 23.4 Å². The van der Waals surface area contributed by atoms with Crippen LogP contribution in [0.2, 0.25) is 0 Å². The highest BCUT2D eigenvalue weighted by molar-refractivity contribution is 5.39. The van der Waals surface area contributed by atoms with Crippen molar-refractivity contribution in [1.29, 1.82) is 0 Å². The lowest BCUT2D eigenvalue weighted by Gasteiger charge is -2.22. The lowest BCUT2D eigenvalue weighted by atomic mass is 9.89. The number of aromatic nitrogens is 1. The van der Waals surface area contributed by atoms with E-state index in [2.05, 4.69) is 36.3 Å². The van der Waals surface area contributed by atoms with Gasteiger partial charge in [-0.15, -0.1) is 0 Å². The monoisotopic (exact) mass is 218 g/mol. The predicted molar refractivity (Wildman–Crippen MR) is 68.8 cm³/mol. The van der Waals surface area contributed by atoms with Gasteiger partial charge in [0.15, 0.2) is 0 Å². The topological polar surface area (TPSA) is 24.9 Å². The summed E-state index contributed by atoms with van der Waals surface area (Å²) in [5.74, 6) is 1.90. The Hall–Kier alpha value is -1.05. The first-order chi connectivity index (χ1) is 7.74. The molecule has 0 saturated heterocycles. The Morgan fingerprint density at radius 2 is 1.94 bits per heavy atom. The van der Waals surface area contributed by atoms with Crippen molar-refractivity contribution in [2.45, 2.75) is 46.0 Å². The fourth-order valence-corrected chi connectivity index (χ4v) is 2.57. The first kappa shape index (κ1) is 11.4. The van der Waals surface area contributed by atoms with Gasteiger partial charge in [0.1, 0.15) is 5.82 Å². The molecule has 0 spiro atoms. The van der Waals surface area contributed by atoms with Crippen LogP contribution >= 0.6 is 0 Å². The molecule has 1 aliphatic carbocycles. The SMILES string of the molecule is Cc1cc(C)nc(NCC2CCCCC2)c1. The maximum Gasteiger partial charge on any atom is 0.126 e. The molecule has 16 heavy (non-hydrogen) atoms. The molecule has 1 saturated carbocycles. The molecule has 0 amide bonds. The second-order valence-corrected chi connectivity index (χ2v) is 5.06. The minimum atomic E-state index is 0.858. The van der Waals surface area contributed by atoms with E-state index in [-0.39, 0.29) is 0 Å². The number of hydrogen-bond acceptors (Lipinski definition) is 2. The summed E-state index contributed by atoms with van der Waals surface area (Å²) < 4.78 is 0. The van der Waals surface area contributed by atoms with E-state index in [1.807, 2.05) is 0 Å². The molecule has 1 heterocycles. The van der Waals surface area contributed by atoms with Gasteiger partial charge in [0.25, 0.3) is 0 Å². The number of nitrogens with zero attached hydrogens (tertiary/aromatic N) is 1. The van der Waals surface area contributed by atoms with Crippen LogP contribution in [0.25, 0.3) is 0 Å². The van der Waals surface area contributed by atoms with E-state index in [1.165, 1.54) is 37.7 Å². The number of nitrogens with one attached hydrogen (secondary N) is 1. The summed E-state index contributed by atoms with van der Waals surface area (Å²) >= 11 is 0. The molecule has 0 unspecified atom stereocenters. The molecule has 0 aromatic carbocycles. The van der Waals surface area contributed by atoms with Crippen molar-refractivity contribution in [2.75, 3.05) is 11.9 Å². The highest BCUT2D eigenvalue weighted by Gasteiger charge is 2.12. The molecular formula is C14H22N2. The summed E-state index contributed by atoms with van der Waals surface area (Å²) in [6, 6.07) is 4.25. The van der Waals surface area contributed by atoms with Gasteiger partial charge in [0, 0.05) is 12.2 Å². The van der Waals surface area contributed by atoms with Crippen molar-refractivity contribution < 1.29 is 0 Å². The Balaban J connectivity index is 1.88. The van der Waals surface area contributed by atoms with Crippen molar-refractivity contribution in [3.8, 4) is 0 Å². The third-order valence-corrected chi connectivity index (χ3v) is 3.39. The molecule has 1 aliphatic rings. The number of aryl methyl sites for hydroxylation is 2. The minimum Gasteiger partial charge on any atom is -0.370 e. The van der Waals surface area contributed by atoms with Crippen LogP contribution in [0, 0.1) is 19.8 Å². The van der Waals surface area contributed by atoms with E-state index in [1.54, 1.807) is 0 Å². The zero-order valence-electron chi connectivity index (χ0n) is 10.4. The largest absolute Gasteiger partial charge is 0.370 e. The van der Waals surface area contributed by atoms with E-state index >= 15 is 0 Å². The summed E-state index contributed by atoms with van der Waals surface area (Å²) in [4.78, 5) is 4.51. The molecule has 88 valence electrons. The van der Waals surface area contributed by atoms with Gasteiger partial charge in [-0.3, -0.25) is 0 Å². The van der Waals surface area contributed by atoms with Crippen molar-refractivity contribution in [3.63, 3.8) is 0 Å². The zero-order valence-corrected chi connectivity index (χ0v) is 10.4. The average molecular weight is 218 g/mol. The van der Waals surface area contributed by atoms with E-state index in [9.17, 15) is 0 Å². The molecule has 0 aliphatic heterocycles. The number of pyridine rings is 1. The lowest BCUT2D eigenvalue weighted by molar-refractivity contribution is 0.373. The van der Waals surface area contributed by atoms with Gasteiger partial charge in [0.2, 0.25) is 0 Å². The van der Waals surface area contributed by atoms with Gasteiger partial charge in [-0.1, -0.05) is 19.3 Å². The maximum absolute atomic E-state index is 4.51. The molecular weight excluding hydrogens is 196 g/mol. The second kappa shape index (κ2) is 5.33. The molecule has 1 fully saturated rings. The number of rotatable bonds is 3. The molecule has 2 rings (SSSR count). The van der Waals surface area contributed by atoms with Gasteiger partial charge >= 0.3 is 0 Å². The first-order valence-corrected chi connectivity index (χ1v) is 6.43. The molecule has 1 aromatic heterocycles. The first-order valence-electron chi connectivity index (χ1n) is 6.43. The van der Waals surface area contributed by atoms with Crippen LogP contribution in [0.15, 0.2) is 12.1 Å². The molecule has 0 atom stereocenters. The van der Waals surface area contributed by atoms with Crippen molar-refractivity contribution in [1.82, 2.24) is 4.98 Å². The zero-order chi connectivity index (χ0) is 11.4. The highest BCUT2D eigenvalue weighted by atomic mass is 15.0. The van der Waals surface area contributed by atoms with E-state index in [0.717, 1.165) is 24.0 Å². The summed E-state index contributed by atoms with van der Waals surface area (Å²) in [7, 11) is 0. The Bertz CT molecular complexity index is 320. The standard InChI is InChI=1S/C14H22N2/c1-11-8-12(2)16-14(9-11)15-10-13-6-4-3-5-7-13/h8-9,13H,3-7,10H2,1-2H3,(H,15,16). The smallest absolute Gasteiger partial charge is 0.126 e. The molecule has 0 radical (unpaired) electrons. The van der Waals surface area contributed by atoms with Crippen LogP contribution in [0.4, 0.5) is 5.82 Å². The van der Waals surface area contributed by atoms with E-state index in [0.29, 0.717) is 0 Å². The third kappa shape index (κ3) is 3.22. The Morgan fingerprint density at radius 3 is 2.62 bits per heavy atom. The van der Waals surface area contributed by atoms with Crippen LogP contribution in [0.3, 0.4) is 0 Å². The Labute approximate surface area is 98.5 Å². The fraction of sp³-hybridized carbons (Fsp3) is 0.643. The number of hydrogen-bond donors (Lipinski definition) is 1. The van der Waals surface area contributed by atoms with Gasteiger partial charge in [-0.25, -0.2) is 4.98 Å². The average Bonchev–Trinajstić information content (AvgIpc) is 2.27. The minimum absolute atomic E-state index is 0.858. The summed E-state index contributed by atoms with van der Waals surface area (Å²) in [5, 5.41) is 3.48. The van der Waals surface area contributed by atoms with Gasteiger partial charge in [-0.2, -0.15) is 0 Å². The highest BCUT2D eigenvalue weighted by Crippen LogP contribution is 2.23. The summed E-state index contributed by atoms with van der Waals surface area (Å²) in [5.41, 5.74) is 2.39. The van der Waals surface area contributed by atoms with Gasteiger partial charge < -0.3 is 5.32 Å². The quantitative estimate of drug-likeness (QED) is 0.837. The van der Waals surface area contributed by atoms with Crippen LogP contribution in [-0.4, -0.2) is 11.5 Å². The summed E-state index contributed by atoms with van der Waals surface area (Å²) in [6.07, 6.45) is 7.02. The van der Waals surface area contributed by atoms with Crippen LogP contribution < -0.4 is 5.32 Å². The molecule has 2 heteroatoms. The second-order valence-electron chi connectivity index (χ2n) is 5.06. The van der Waals surface area contributed by atoms with Crippen LogP contribution in [-0.2, 0) is 0 Å². The fourth-order valence-electron chi connectivity index (χ4n) is 2.57.